The molecule has 2 aliphatic heterocycles. The lowest BCUT2D eigenvalue weighted by molar-refractivity contribution is -0.171. The number of esters is 3. The number of carbonyl (C=O) groups excluding carboxylic acids is 11. The molecule has 2 heterocycles. The molecule has 0 radical (unpaired) electrons. The zero-order valence-corrected chi connectivity index (χ0v) is 85.1. The standard InChI is InChI=1S/C22H45NO5Si.C16H27NO5.C15H27NO4.C14H25NO4.C13H26N2O4.C11H21NO3/c1-14(2)12-16(23-19(26)27-21(7,8)9)17(13-15(3)18(24)25)28-29-22(10,11)20(4,5)6;1-7-21-14(19)9-8-13(18)12(10-11(2)3)17-15(20)22-16(4,5)6;1-9(2)7-11(12-8-10(3)13(17)19-12)16-14(18)20-15(4,5)6;1-9(2)8-10(11-6-7-12(16)18-11)15-13(17)19-14(3,4)5;1-9(2)8-10(11(16)15(6)18-7)14-12(17)19-13(3,4)5;1-8(2)6-9(7-13)12-10(14)15-11(3,4)5/h14-17H,12-13,29H2,1-11H3,(H,23,26)(H,24,25);11-13,18H,7,10H2,1-6H3,(H,17,20);9-12H,7-8H2,1-6H3,(H,16,18);9-11H,6-8H2,1-5H3,(H,15,17);9-10H,8H2,1-7H3,(H,14,17);7-9H,6H2,1-5H3,(H,12,14)/t15-,16+,17+;12-,13?;10-,11+,12+;10-,11-;10-;9-/m101000/s1. The number of carboxylic acid groups (broad SMARTS) is 1. The van der Waals surface area contributed by atoms with E-state index < -0.39 is 122 Å². The molecular formula is C91H171N7O25Si. The van der Waals surface area contributed by atoms with Crippen molar-refractivity contribution in [3.8, 4) is 11.8 Å². The van der Waals surface area contributed by atoms with Gasteiger partial charge in [0.05, 0.1) is 61.9 Å². The lowest BCUT2D eigenvalue weighted by atomic mass is 9.82. The van der Waals surface area contributed by atoms with Crippen molar-refractivity contribution < 1.29 is 120 Å². The molecule has 0 saturated carbocycles. The van der Waals surface area contributed by atoms with E-state index in [1.165, 1.54) is 14.2 Å². The third kappa shape index (κ3) is 64.9. The molecule has 32 nitrogen and oxygen atoms in total. The Morgan fingerprint density at radius 3 is 1.19 bits per heavy atom. The van der Waals surface area contributed by atoms with Gasteiger partial charge in [-0.3, -0.25) is 24.0 Å². The molecule has 2 aliphatic rings. The van der Waals surface area contributed by atoms with Crippen molar-refractivity contribution in [3.63, 3.8) is 0 Å². The summed E-state index contributed by atoms with van der Waals surface area (Å²) in [5.74, 6) is 3.66. The Morgan fingerprint density at radius 2 is 0.871 bits per heavy atom. The molecule has 124 heavy (non-hydrogen) atoms. The average Bonchev–Trinajstić information content (AvgIpc) is 1.10. The van der Waals surface area contributed by atoms with E-state index >= 15 is 0 Å². The Bertz CT molecular complexity index is 3270. The van der Waals surface area contributed by atoms with Crippen LogP contribution in [0, 0.1) is 64.6 Å². The Kier molecular flexibility index (Phi) is 56.5. The largest absolute Gasteiger partial charge is 0.481 e. The van der Waals surface area contributed by atoms with Gasteiger partial charge >= 0.3 is 60.4 Å². The van der Waals surface area contributed by atoms with E-state index in [2.05, 4.69) is 125 Å². The number of hydrogen-bond acceptors (Lipinski definition) is 24. The number of rotatable bonds is 32. The second-order valence-corrected chi connectivity index (χ2v) is 44.4. The second kappa shape index (κ2) is 57.2. The van der Waals surface area contributed by atoms with Crippen LogP contribution in [0.2, 0.25) is 5.04 Å². The van der Waals surface area contributed by atoms with Crippen molar-refractivity contribution in [1.29, 1.82) is 0 Å². The number of hydroxylamine groups is 2. The normalized spacial score (nSPS) is 17.1. The van der Waals surface area contributed by atoms with Crippen molar-refractivity contribution in [2.45, 2.75) is 427 Å². The maximum absolute atomic E-state index is 12.4. The number of alkyl carbamates (subject to hydrolysis) is 6. The summed E-state index contributed by atoms with van der Waals surface area (Å²) in [6.45, 7) is 73.0. The summed E-state index contributed by atoms with van der Waals surface area (Å²) in [5.41, 5.74) is -3.34. The van der Waals surface area contributed by atoms with E-state index in [1.54, 1.807) is 76.2 Å². The summed E-state index contributed by atoms with van der Waals surface area (Å²) < 4.78 is 53.0. The zero-order valence-electron chi connectivity index (χ0n) is 83.7. The molecular weight excluding hydrogens is 1620 g/mol. The topological polar surface area (TPSA) is 422 Å². The predicted octanol–water partition coefficient (Wildman–Crippen LogP) is 16.2. The van der Waals surface area contributed by atoms with Crippen LogP contribution in [-0.4, -0.2) is 213 Å². The molecule has 2 fully saturated rings. The van der Waals surface area contributed by atoms with E-state index in [0.717, 1.165) is 24.2 Å². The van der Waals surface area contributed by atoms with Gasteiger partial charge in [0.25, 0.3) is 5.91 Å². The van der Waals surface area contributed by atoms with Gasteiger partial charge in [0.2, 0.25) is 0 Å². The summed E-state index contributed by atoms with van der Waals surface area (Å²) >= 11 is 0. The molecule has 33 heteroatoms. The molecule has 8 N–H and O–H groups in total. The number of carbonyl (C=O) groups is 12. The van der Waals surface area contributed by atoms with Gasteiger partial charge in [0.15, 0.2) is 9.76 Å². The number of ether oxygens (including phenoxy) is 9. The van der Waals surface area contributed by atoms with E-state index in [4.69, 9.17) is 47.2 Å². The number of aliphatic hydroxyl groups excluding tert-OH is 1. The maximum atomic E-state index is 12.4. The highest BCUT2D eigenvalue weighted by Gasteiger charge is 2.41. The molecule has 0 bridgehead atoms. The first kappa shape index (κ1) is 123. The van der Waals surface area contributed by atoms with Crippen LogP contribution in [0.1, 0.15) is 327 Å². The van der Waals surface area contributed by atoms with Crippen LogP contribution in [0.25, 0.3) is 0 Å². The number of nitrogens with zero attached hydrogens (tertiary/aromatic N) is 1. The molecule has 2 saturated heterocycles. The number of hydrogen-bond donors (Lipinski definition) is 8. The van der Waals surface area contributed by atoms with Gasteiger partial charge in [-0.25, -0.2) is 38.6 Å². The van der Waals surface area contributed by atoms with E-state index in [-0.39, 0.29) is 89.1 Å². The predicted molar refractivity (Wildman–Crippen MR) is 483 cm³/mol. The summed E-state index contributed by atoms with van der Waals surface area (Å²) in [6.07, 6.45) is 1.47. The molecule has 0 aromatic rings. The van der Waals surface area contributed by atoms with Gasteiger partial charge in [-0.05, 0) is 235 Å². The fourth-order valence-electron chi connectivity index (χ4n) is 11.2. The highest BCUT2D eigenvalue weighted by atomic mass is 28.2. The van der Waals surface area contributed by atoms with Crippen LogP contribution in [0.15, 0.2) is 0 Å². The number of aliphatic hydroxyl groups is 1. The first-order chi connectivity index (χ1) is 56.0. The van der Waals surface area contributed by atoms with Crippen LogP contribution in [0.5, 0.6) is 0 Å². The molecule has 0 aromatic carbocycles. The highest BCUT2D eigenvalue weighted by Crippen LogP contribution is 2.44. The highest BCUT2D eigenvalue weighted by molar-refractivity contribution is 6.32. The number of likely N-dealkylation sites (N-methyl/N-ethyl adjacent to an activating group) is 1. The van der Waals surface area contributed by atoms with Crippen LogP contribution >= 0.6 is 0 Å². The third-order valence-electron chi connectivity index (χ3n) is 17.8. The molecule has 0 aliphatic carbocycles. The van der Waals surface area contributed by atoms with Gasteiger partial charge < -0.3 is 94.0 Å². The van der Waals surface area contributed by atoms with Gasteiger partial charge in [0, 0.05) is 19.4 Å². The maximum Gasteiger partial charge on any atom is 0.408 e. The summed E-state index contributed by atoms with van der Waals surface area (Å²) in [6, 6.07) is -2.41. The Balaban J connectivity index is -0.000000704. The lowest BCUT2D eigenvalue weighted by Crippen LogP contribution is -2.49. The smallest absolute Gasteiger partial charge is 0.408 e. The summed E-state index contributed by atoms with van der Waals surface area (Å²) in [7, 11) is 1.90. The van der Waals surface area contributed by atoms with Gasteiger partial charge in [0.1, 0.15) is 64.2 Å². The van der Waals surface area contributed by atoms with Crippen LogP contribution in [-0.2, 0) is 80.7 Å². The molecule has 0 spiro atoms. The van der Waals surface area contributed by atoms with Crippen molar-refractivity contribution in [3.05, 3.63) is 0 Å². The van der Waals surface area contributed by atoms with Crippen molar-refractivity contribution in [1.82, 2.24) is 37.0 Å². The molecule has 2 rings (SSSR count). The minimum absolute atomic E-state index is 0.0199. The first-order valence-electron chi connectivity index (χ1n) is 43.8. The van der Waals surface area contributed by atoms with Crippen molar-refractivity contribution >= 4 is 82.4 Å². The molecule has 12 atom stereocenters. The number of aliphatic carboxylic acids is 1. The Morgan fingerprint density at radius 1 is 0.508 bits per heavy atom. The molecule has 1 unspecified atom stereocenters. The number of cyclic esters (lactones) is 2. The quantitative estimate of drug-likeness (QED) is 0.00590. The Hall–Kier alpha value is -7.70. The number of amides is 7. The fraction of sp³-hybridized carbons (Fsp3) is 0.846. The Labute approximate surface area is 747 Å². The van der Waals surface area contributed by atoms with Crippen LogP contribution in [0.3, 0.4) is 0 Å². The van der Waals surface area contributed by atoms with Gasteiger partial charge in [-0.2, -0.15) is 0 Å². The van der Waals surface area contributed by atoms with Gasteiger partial charge in [-0.1, -0.05) is 137 Å². The minimum Gasteiger partial charge on any atom is -0.481 e. The van der Waals surface area contributed by atoms with Crippen molar-refractivity contribution in [2.24, 2.45) is 52.8 Å². The lowest BCUT2D eigenvalue weighted by Gasteiger charge is -2.40. The van der Waals surface area contributed by atoms with Crippen LogP contribution < -0.4 is 31.9 Å². The average molecular weight is 1790 g/mol. The van der Waals surface area contributed by atoms with Gasteiger partial charge in [-0.15, -0.1) is 0 Å². The number of nitrogens with one attached hydrogen (secondary N) is 6. The monoisotopic (exact) mass is 1790 g/mol. The van der Waals surface area contributed by atoms with E-state index in [9.17, 15) is 67.7 Å². The number of aldehydes is 1. The summed E-state index contributed by atoms with van der Waals surface area (Å²) in [5, 5.41) is 37.0. The minimum atomic E-state index is -1.18. The first-order valence-corrected chi connectivity index (χ1v) is 45.1. The van der Waals surface area contributed by atoms with E-state index in [1.807, 2.05) is 111 Å². The zero-order chi connectivity index (χ0) is 97.9. The SMILES string of the molecule is CC(C)C[C@@H](C=O)NC(=O)OC(C)(C)C.CC(C)C[C@H](NC(=O)OC(C)(C)C)[C@@H]1CCC(=O)O1.CC(C)C[C@H](NC(=O)OC(C)(C)C)[C@@H]1C[C@@H](C)C(=O)O1.CC(C)C[C@H](NC(=O)OC(C)(C)C)[C@H](C[C@@H](C)C(=O)O)O[SiH2]C(C)(C)C(C)(C)C.CCOC(=O)C#CC(O)[C@H](CC(C)C)NC(=O)OC(C)(C)C.CON(C)C(=O)[C@H](CC(C)C)NC(=O)OC(C)(C)C. The fourth-order valence-corrected chi connectivity index (χ4v) is 12.6. The second-order valence-electron chi connectivity index (χ2n) is 42.0. The molecule has 724 valence electrons. The number of carboxylic acids is 1. The third-order valence-corrected chi connectivity index (χ3v) is 20.2. The summed E-state index contributed by atoms with van der Waals surface area (Å²) in [4.78, 5) is 144. The van der Waals surface area contributed by atoms with Crippen LogP contribution in [0.4, 0.5) is 28.8 Å². The molecule has 0 aromatic heterocycles. The van der Waals surface area contributed by atoms with E-state index in [0.29, 0.717) is 75.0 Å². The molecule has 7 amide bonds. The van der Waals surface area contributed by atoms with Crippen molar-refractivity contribution in [2.75, 3.05) is 20.8 Å².